The van der Waals surface area contributed by atoms with Gasteiger partial charge in [-0.1, -0.05) is 13.8 Å². The van der Waals surface area contributed by atoms with Crippen molar-refractivity contribution in [3.8, 4) is 23.0 Å². The number of fused-ring (bicyclic) bond motifs is 2. The van der Waals surface area contributed by atoms with Gasteiger partial charge in [-0.15, -0.1) is 22.7 Å². The van der Waals surface area contributed by atoms with Gasteiger partial charge in [0.2, 0.25) is 0 Å². The average molecular weight is 726 g/mol. The number of hydrogen-bond acceptors (Lipinski definition) is 10. The maximum atomic E-state index is 15.5. The van der Waals surface area contributed by atoms with Crippen LogP contribution >= 0.6 is 38.6 Å². The van der Waals surface area contributed by atoms with E-state index in [2.05, 4.69) is 15.9 Å². The van der Waals surface area contributed by atoms with E-state index in [9.17, 15) is 19.2 Å². The third-order valence-electron chi connectivity index (χ3n) is 6.96. The van der Waals surface area contributed by atoms with Crippen molar-refractivity contribution in [2.45, 2.75) is 33.1 Å². The lowest BCUT2D eigenvalue weighted by Gasteiger charge is -2.15. The summed E-state index contributed by atoms with van der Waals surface area (Å²) in [6.45, 7) is 3.15. The number of carboxylic acids is 2. The third kappa shape index (κ3) is 7.56. The highest BCUT2D eigenvalue weighted by Gasteiger charge is 2.24. The summed E-state index contributed by atoms with van der Waals surface area (Å²) < 4.78 is 39.9. The first-order valence-corrected chi connectivity index (χ1v) is 16.2. The van der Waals surface area contributed by atoms with Crippen molar-refractivity contribution in [3.63, 3.8) is 0 Å². The number of thiophene rings is 2. The maximum absolute atomic E-state index is 15.5. The number of aliphatic carboxylic acids is 2. The Balaban J connectivity index is 1.44. The molecular formula is C31H30BrFO10S2. The number of carbonyl (C=O) groups is 4. The first kappa shape index (κ1) is 34.1. The molecule has 0 spiro atoms. The first-order chi connectivity index (χ1) is 21.4. The normalized spacial score (nSPS) is 12.6. The van der Waals surface area contributed by atoms with E-state index in [4.69, 9.17) is 29.2 Å². The summed E-state index contributed by atoms with van der Waals surface area (Å²) in [5.74, 6) is -4.28. The van der Waals surface area contributed by atoms with Crippen LogP contribution in [-0.4, -0.2) is 61.2 Å². The van der Waals surface area contributed by atoms with Gasteiger partial charge < -0.3 is 29.2 Å². The monoisotopic (exact) mass is 724 g/mol. The topological polar surface area (TPSA) is 146 Å². The molecule has 0 aliphatic heterocycles. The van der Waals surface area contributed by atoms with Crippen LogP contribution in [0.2, 0.25) is 0 Å². The quantitative estimate of drug-likeness (QED) is 0.0881. The first-order valence-electron chi connectivity index (χ1n) is 13.7. The van der Waals surface area contributed by atoms with Gasteiger partial charge in [-0.3, -0.25) is 19.2 Å². The summed E-state index contributed by atoms with van der Waals surface area (Å²) in [6, 6.07) is 6.41. The number of ketones is 2. The molecule has 2 heterocycles. The molecule has 0 radical (unpaired) electrons. The number of carboxylic acid groups (broad SMARTS) is 2. The third-order valence-corrected chi connectivity index (χ3v) is 10.00. The minimum absolute atomic E-state index is 0.0614. The predicted molar refractivity (Wildman–Crippen MR) is 172 cm³/mol. The van der Waals surface area contributed by atoms with Crippen LogP contribution < -0.4 is 18.9 Å². The molecule has 45 heavy (non-hydrogen) atoms. The molecule has 240 valence electrons. The van der Waals surface area contributed by atoms with Crippen LogP contribution in [0, 0.1) is 17.7 Å². The van der Waals surface area contributed by atoms with Crippen LogP contribution in [0.3, 0.4) is 0 Å². The number of methoxy groups -OCH3 is 2. The van der Waals surface area contributed by atoms with Crippen LogP contribution in [0.15, 0.2) is 28.7 Å². The van der Waals surface area contributed by atoms with Crippen molar-refractivity contribution in [2.75, 3.05) is 27.4 Å². The van der Waals surface area contributed by atoms with E-state index in [0.717, 1.165) is 16.0 Å². The molecule has 2 aromatic carbocycles. The molecule has 14 heteroatoms. The lowest BCUT2D eigenvalue weighted by molar-refractivity contribution is -0.141. The molecule has 10 nitrogen and oxygen atoms in total. The fraction of sp³-hybridized carbons (Fsp3) is 0.355. The number of halogens is 2. The van der Waals surface area contributed by atoms with Gasteiger partial charge in [0.15, 0.2) is 40.4 Å². The molecule has 0 amide bonds. The average Bonchev–Trinajstić information content (AvgIpc) is 3.63. The zero-order valence-corrected chi connectivity index (χ0v) is 28.0. The van der Waals surface area contributed by atoms with Gasteiger partial charge in [0.1, 0.15) is 0 Å². The molecule has 2 aromatic heterocycles. The molecule has 0 bridgehead atoms. The molecular weight excluding hydrogens is 695 g/mol. The van der Waals surface area contributed by atoms with Gasteiger partial charge in [-0.2, -0.15) is 0 Å². The summed E-state index contributed by atoms with van der Waals surface area (Å²) in [5, 5.41) is 19.1. The molecule has 4 rings (SSSR count). The molecule has 0 saturated carbocycles. The smallest absolute Gasteiger partial charge is 0.306 e. The Bertz CT molecular complexity index is 1650. The summed E-state index contributed by atoms with van der Waals surface area (Å²) in [6.07, 6.45) is 0.0291. The lowest BCUT2D eigenvalue weighted by Crippen LogP contribution is -2.13. The molecule has 0 unspecified atom stereocenters. The zero-order chi connectivity index (χ0) is 33.0. The highest BCUT2D eigenvalue weighted by Crippen LogP contribution is 2.45. The Labute approximate surface area is 273 Å². The van der Waals surface area contributed by atoms with E-state index < -0.39 is 29.6 Å². The summed E-state index contributed by atoms with van der Waals surface area (Å²) in [4.78, 5) is 48.2. The van der Waals surface area contributed by atoms with Gasteiger partial charge in [-0.05, 0) is 28.1 Å². The molecule has 0 saturated heterocycles. The SMILES string of the molecule is COc1cc2sc(C(=O)C[C@H](C)C(=O)O)cc2c(F)c1OCCCOc1c(OC)cc2sc(C(=O)C[C@H](C)C(=O)O)cc2c1Br. The van der Waals surface area contributed by atoms with Crippen LogP contribution in [0.4, 0.5) is 4.39 Å². The van der Waals surface area contributed by atoms with Crippen LogP contribution in [-0.2, 0) is 9.59 Å². The van der Waals surface area contributed by atoms with E-state index in [1.165, 1.54) is 45.5 Å². The van der Waals surface area contributed by atoms with E-state index >= 15 is 4.39 Å². The Morgan fingerprint density at radius 2 is 1.22 bits per heavy atom. The lowest BCUT2D eigenvalue weighted by atomic mass is 10.0. The van der Waals surface area contributed by atoms with Crippen LogP contribution in [0.1, 0.15) is 52.5 Å². The Hall–Kier alpha value is -3.75. The number of ether oxygens (including phenoxy) is 4. The zero-order valence-electron chi connectivity index (χ0n) is 24.7. The van der Waals surface area contributed by atoms with Gasteiger partial charge >= 0.3 is 11.9 Å². The van der Waals surface area contributed by atoms with E-state index in [1.807, 2.05) is 0 Å². The van der Waals surface area contributed by atoms with Gasteiger partial charge in [0, 0.05) is 51.6 Å². The maximum Gasteiger partial charge on any atom is 0.306 e. The fourth-order valence-corrected chi connectivity index (χ4v) is 7.24. The Morgan fingerprint density at radius 3 is 1.71 bits per heavy atom. The van der Waals surface area contributed by atoms with Crippen molar-refractivity contribution in [3.05, 3.63) is 44.3 Å². The molecule has 0 fully saturated rings. The minimum atomic E-state index is -1.08. The van der Waals surface area contributed by atoms with E-state index in [1.54, 1.807) is 18.2 Å². The second-order valence-electron chi connectivity index (χ2n) is 10.3. The summed E-state index contributed by atoms with van der Waals surface area (Å²) in [7, 11) is 2.86. The van der Waals surface area contributed by atoms with Crippen molar-refractivity contribution < 1.29 is 52.7 Å². The van der Waals surface area contributed by atoms with E-state index in [0.29, 0.717) is 37.4 Å². The predicted octanol–water partition coefficient (Wildman–Crippen LogP) is 7.47. The number of rotatable bonds is 16. The highest BCUT2D eigenvalue weighted by molar-refractivity contribution is 9.10. The highest BCUT2D eigenvalue weighted by atomic mass is 79.9. The molecule has 0 aliphatic rings. The molecule has 2 N–H and O–H groups in total. The Kier molecular flexibility index (Phi) is 11.0. The fourth-order valence-electron chi connectivity index (χ4n) is 4.38. The van der Waals surface area contributed by atoms with Crippen LogP contribution in [0.25, 0.3) is 20.2 Å². The largest absolute Gasteiger partial charge is 0.493 e. The number of carbonyl (C=O) groups excluding carboxylic acids is 2. The number of benzene rings is 2. The van der Waals surface area contributed by atoms with Crippen LogP contribution in [0.5, 0.6) is 23.0 Å². The molecule has 0 aliphatic carbocycles. The summed E-state index contributed by atoms with van der Waals surface area (Å²) >= 11 is 5.84. The second kappa shape index (κ2) is 14.6. The van der Waals surface area contributed by atoms with Gasteiger partial charge in [0.05, 0.1) is 53.5 Å². The molecule has 4 aromatic rings. The molecule has 2 atom stereocenters. The number of Topliss-reactive ketones (excluding diaryl/α,β-unsaturated/α-hetero) is 2. The standard InChI is InChI=1S/C31H30BrFO10S2/c1-14(30(36)37)8-18(34)24-10-16-22(44-24)12-20(40-3)28(26(16)32)42-6-5-7-43-29-21(41-4)13-23-17(27(29)33)11-25(45-23)19(35)9-15(2)31(38)39/h10-15H,5-9H2,1-4H3,(H,36,37)(H,38,39)/t14-,15-/m0/s1. The Morgan fingerprint density at radius 1 is 0.778 bits per heavy atom. The second-order valence-corrected chi connectivity index (χ2v) is 13.2. The van der Waals surface area contributed by atoms with Gasteiger partial charge in [0.25, 0.3) is 0 Å². The van der Waals surface area contributed by atoms with E-state index in [-0.39, 0.29) is 59.4 Å². The van der Waals surface area contributed by atoms with Crippen molar-refractivity contribution in [2.24, 2.45) is 11.8 Å². The number of hydrogen-bond donors (Lipinski definition) is 2. The summed E-state index contributed by atoms with van der Waals surface area (Å²) in [5.41, 5.74) is 0. The van der Waals surface area contributed by atoms with Crippen molar-refractivity contribution in [1.82, 2.24) is 0 Å². The minimum Gasteiger partial charge on any atom is -0.493 e. The van der Waals surface area contributed by atoms with Crippen molar-refractivity contribution >= 4 is 82.3 Å². The van der Waals surface area contributed by atoms with Gasteiger partial charge in [-0.25, -0.2) is 4.39 Å². The van der Waals surface area contributed by atoms with Crippen molar-refractivity contribution in [1.29, 1.82) is 0 Å².